The summed E-state index contributed by atoms with van der Waals surface area (Å²) >= 11 is 6.87. The molecule has 0 saturated carbocycles. The molecule has 2 aromatic carbocycles. The van der Waals surface area contributed by atoms with Gasteiger partial charge in [0.15, 0.2) is 11.0 Å². The van der Waals surface area contributed by atoms with Crippen LogP contribution in [-0.4, -0.2) is 26.4 Å². The molecule has 0 unspecified atom stereocenters. The van der Waals surface area contributed by atoms with Crippen LogP contribution in [0.5, 0.6) is 0 Å². The molecule has 0 radical (unpaired) electrons. The summed E-state index contributed by atoms with van der Waals surface area (Å²) in [6.07, 6.45) is 1.54. The average Bonchev–Trinajstić information content (AvgIpc) is 3.40. The molecule has 1 N–H and O–H groups in total. The minimum Gasteiger partial charge on any atom is -0.467 e. The third kappa shape index (κ3) is 4.95. The summed E-state index contributed by atoms with van der Waals surface area (Å²) in [7, 11) is 0. The molecule has 4 rings (SSSR count). The van der Waals surface area contributed by atoms with Crippen molar-refractivity contribution >= 4 is 35.0 Å². The number of nitrogens with zero attached hydrogens (tertiary/aromatic N) is 3. The number of amides is 1. The van der Waals surface area contributed by atoms with Crippen LogP contribution in [0, 0.1) is 11.6 Å². The number of hydrogen-bond donors (Lipinski definition) is 1. The summed E-state index contributed by atoms with van der Waals surface area (Å²) in [5.74, 6) is -0.387. The smallest absolute Gasteiger partial charge is 0.234 e. The monoisotopic (exact) mass is 460 g/mol. The second-order valence-electron chi connectivity index (χ2n) is 6.42. The number of thioether (sulfide) groups is 1. The Kier molecular flexibility index (Phi) is 6.34. The van der Waals surface area contributed by atoms with Gasteiger partial charge < -0.3 is 9.73 Å². The molecule has 31 heavy (non-hydrogen) atoms. The summed E-state index contributed by atoms with van der Waals surface area (Å²) in [5.41, 5.74) is 0.667. The highest BCUT2D eigenvalue weighted by atomic mass is 35.5. The van der Waals surface area contributed by atoms with E-state index in [1.807, 2.05) is 0 Å². The Labute approximate surface area is 185 Å². The number of carbonyl (C=O) groups is 1. The molecular formula is C21H15ClF2N4O2S. The van der Waals surface area contributed by atoms with Gasteiger partial charge in [-0.2, -0.15) is 0 Å². The summed E-state index contributed by atoms with van der Waals surface area (Å²) in [5, 5.41) is 11.2. The number of anilines is 1. The number of benzene rings is 2. The van der Waals surface area contributed by atoms with Crippen molar-refractivity contribution in [1.82, 2.24) is 14.8 Å². The zero-order valence-corrected chi connectivity index (χ0v) is 17.5. The Bertz CT molecular complexity index is 1210. The van der Waals surface area contributed by atoms with E-state index in [9.17, 15) is 13.6 Å². The van der Waals surface area contributed by atoms with Gasteiger partial charge in [0.2, 0.25) is 5.91 Å². The molecule has 1 amide bonds. The quantitative estimate of drug-likeness (QED) is 0.381. The van der Waals surface area contributed by atoms with Crippen molar-refractivity contribution in [1.29, 1.82) is 0 Å². The van der Waals surface area contributed by atoms with E-state index in [-0.39, 0.29) is 23.2 Å². The molecule has 4 aromatic rings. The van der Waals surface area contributed by atoms with Crippen LogP contribution in [0.3, 0.4) is 0 Å². The molecule has 10 heteroatoms. The van der Waals surface area contributed by atoms with Gasteiger partial charge in [-0.25, -0.2) is 8.78 Å². The van der Waals surface area contributed by atoms with Crippen LogP contribution in [0.1, 0.15) is 5.76 Å². The highest BCUT2D eigenvalue weighted by molar-refractivity contribution is 7.99. The Morgan fingerprint density at radius 1 is 1.10 bits per heavy atom. The average molecular weight is 461 g/mol. The van der Waals surface area contributed by atoms with E-state index >= 15 is 0 Å². The molecule has 0 fully saturated rings. The van der Waals surface area contributed by atoms with Crippen molar-refractivity contribution in [2.45, 2.75) is 11.7 Å². The largest absolute Gasteiger partial charge is 0.467 e. The zero-order chi connectivity index (χ0) is 21.8. The molecule has 2 heterocycles. The van der Waals surface area contributed by atoms with Gasteiger partial charge in [0.1, 0.15) is 17.4 Å². The zero-order valence-electron chi connectivity index (χ0n) is 15.9. The fraction of sp³-hybridized carbons (Fsp3) is 0.0952. The first-order chi connectivity index (χ1) is 15.0. The van der Waals surface area contributed by atoms with Crippen LogP contribution in [0.15, 0.2) is 70.4 Å². The van der Waals surface area contributed by atoms with Gasteiger partial charge in [0.25, 0.3) is 0 Å². The van der Waals surface area contributed by atoms with Crippen LogP contribution in [0.2, 0.25) is 5.02 Å². The van der Waals surface area contributed by atoms with Crippen LogP contribution < -0.4 is 5.32 Å². The third-order valence-electron chi connectivity index (χ3n) is 4.26. The molecule has 0 atom stereocenters. The fourth-order valence-electron chi connectivity index (χ4n) is 2.84. The molecule has 0 spiro atoms. The number of furan rings is 1. The molecule has 0 bridgehead atoms. The van der Waals surface area contributed by atoms with Crippen LogP contribution in [-0.2, 0) is 11.3 Å². The van der Waals surface area contributed by atoms with Crippen molar-refractivity contribution in [3.05, 3.63) is 83.3 Å². The molecule has 0 saturated heterocycles. The van der Waals surface area contributed by atoms with Crippen molar-refractivity contribution in [2.24, 2.45) is 0 Å². The summed E-state index contributed by atoms with van der Waals surface area (Å²) < 4.78 is 34.7. The van der Waals surface area contributed by atoms with E-state index in [1.165, 1.54) is 30.5 Å². The predicted molar refractivity (Wildman–Crippen MR) is 114 cm³/mol. The van der Waals surface area contributed by atoms with Gasteiger partial charge in [-0.3, -0.25) is 9.36 Å². The summed E-state index contributed by atoms with van der Waals surface area (Å²) in [4.78, 5) is 12.3. The van der Waals surface area contributed by atoms with Gasteiger partial charge in [-0.1, -0.05) is 35.5 Å². The SMILES string of the molecule is O=C(CSc1nnc(-c2ccccc2F)n1Cc1ccco1)Nc1ccc(F)c(Cl)c1. The standard InChI is InChI=1S/C21H15ClF2N4O2S/c22-16-10-13(7-8-18(16)24)25-19(29)12-31-21-27-26-20(15-5-1-2-6-17(15)23)28(21)11-14-4-3-9-30-14/h1-10H,11-12H2,(H,25,29). The van der Waals surface area contributed by atoms with Gasteiger partial charge in [0.05, 0.1) is 29.1 Å². The number of hydrogen-bond acceptors (Lipinski definition) is 5. The van der Waals surface area contributed by atoms with Crippen LogP contribution >= 0.6 is 23.4 Å². The van der Waals surface area contributed by atoms with Gasteiger partial charge in [-0.05, 0) is 42.5 Å². The first kappa shape index (κ1) is 21.1. The Hall–Kier alpha value is -3.17. The van der Waals surface area contributed by atoms with Gasteiger partial charge in [0, 0.05) is 5.69 Å². The van der Waals surface area contributed by atoms with Crippen LogP contribution in [0.4, 0.5) is 14.5 Å². The van der Waals surface area contributed by atoms with E-state index in [0.29, 0.717) is 28.0 Å². The van der Waals surface area contributed by atoms with E-state index in [4.69, 9.17) is 16.0 Å². The fourth-order valence-corrected chi connectivity index (χ4v) is 3.76. The number of carbonyl (C=O) groups excluding carboxylic acids is 1. The maximum Gasteiger partial charge on any atom is 0.234 e. The lowest BCUT2D eigenvalue weighted by molar-refractivity contribution is -0.113. The first-order valence-corrected chi connectivity index (χ1v) is 10.5. The Morgan fingerprint density at radius 2 is 1.94 bits per heavy atom. The summed E-state index contributed by atoms with van der Waals surface area (Å²) in [6.45, 7) is 0.265. The molecule has 0 aliphatic rings. The van der Waals surface area contributed by atoms with Gasteiger partial charge in [-0.15, -0.1) is 10.2 Å². The number of aromatic nitrogens is 3. The van der Waals surface area contributed by atoms with Crippen molar-refractivity contribution < 1.29 is 18.0 Å². The highest BCUT2D eigenvalue weighted by Crippen LogP contribution is 2.27. The topological polar surface area (TPSA) is 73.0 Å². The summed E-state index contributed by atoms with van der Waals surface area (Å²) in [6, 6.07) is 13.7. The third-order valence-corrected chi connectivity index (χ3v) is 5.52. The molecule has 0 aliphatic heterocycles. The minimum atomic E-state index is -0.569. The van der Waals surface area contributed by atoms with Gasteiger partial charge >= 0.3 is 0 Å². The Morgan fingerprint density at radius 3 is 2.68 bits per heavy atom. The molecule has 0 aliphatic carbocycles. The lowest BCUT2D eigenvalue weighted by atomic mass is 10.2. The molecular weight excluding hydrogens is 446 g/mol. The number of halogens is 3. The normalized spacial score (nSPS) is 10.9. The van der Waals surface area contributed by atoms with Crippen molar-refractivity contribution in [3.63, 3.8) is 0 Å². The van der Waals surface area contributed by atoms with E-state index in [1.54, 1.807) is 34.9 Å². The van der Waals surface area contributed by atoms with E-state index < -0.39 is 11.6 Å². The lowest BCUT2D eigenvalue weighted by Crippen LogP contribution is -2.15. The molecule has 158 valence electrons. The Balaban J connectivity index is 1.54. The van der Waals surface area contributed by atoms with E-state index in [0.717, 1.165) is 11.8 Å². The number of rotatable bonds is 7. The number of nitrogens with one attached hydrogen (secondary N) is 1. The van der Waals surface area contributed by atoms with Crippen molar-refractivity contribution in [2.75, 3.05) is 11.1 Å². The highest BCUT2D eigenvalue weighted by Gasteiger charge is 2.19. The lowest BCUT2D eigenvalue weighted by Gasteiger charge is -2.10. The molecule has 6 nitrogen and oxygen atoms in total. The second kappa shape index (κ2) is 9.32. The maximum atomic E-state index is 14.3. The van der Waals surface area contributed by atoms with E-state index in [2.05, 4.69) is 15.5 Å². The second-order valence-corrected chi connectivity index (χ2v) is 7.77. The predicted octanol–water partition coefficient (Wildman–Crippen LogP) is 5.25. The minimum absolute atomic E-state index is 0.00254. The van der Waals surface area contributed by atoms with Crippen molar-refractivity contribution in [3.8, 4) is 11.4 Å². The molecule has 2 aromatic heterocycles. The maximum absolute atomic E-state index is 14.3. The first-order valence-electron chi connectivity index (χ1n) is 9.09. The van der Waals surface area contributed by atoms with Crippen LogP contribution in [0.25, 0.3) is 11.4 Å².